The summed E-state index contributed by atoms with van der Waals surface area (Å²) < 4.78 is 28.6. The Bertz CT molecular complexity index is 662. The Morgan fingerprint density at radius 1 is 1.50 bits per heavy atom. The first-order valence-corrected chi connectivity index (χ1v) is 8.69. The molecule has 1 aliphatic heterocycles. The maximum absolute atomic E-state index is 11.5. The van der Waals surface area contributed by atoms with Gasteiger partial charge in [0.2, 0.25) is 0 Å². The number of benzene rings is 1. The van der Waals surface area contributed by atoms with Crippen LogP contribution in [0.5, 0.6) is 0 Å². The summed E-state index contributed by atoms with van der Waals surface area (Å²) in [4.78, 5) is 12.6. The van der Waals surface area contributed by atoms with Crippen molar-refractivity contribution in [3.8, 4) is 0 Å². The zero-order chi connectivity index (χ0) is 16.3. The van der Waals surface area contributed by atoms with Crippen molar-refractivity contribution >= 4 is 21.2 Å². The SMILES string of the molecule is CN1CCO[C@H](CNc2ccc(S(C)(=O)=O)cc2[N+](=O)[O-])C1. The highest BCUT2D eigenvalue weighted by Crippen LogP contribution is 2.27. The number of nitro benzene ring substituents is 1. The summed E-state index contributed by atoms with van der Waals surface area (Å²) in [6.07, 6.45) is 0.957. The smallest absolute Gasteiger partial charge is 0.293 e. The van der Waals surface area contributed by atoms with Crippen LogP contribution < -0.4 is 5.32 Å². The molecule has 0 saturated carbocycles. The first-order valence-electron chi connectivity index (χ1n) is 6.80. The Balaban J connectivity index is 2.15. The van der Waals surface area contributed by atoms with Crippen LogP contribution in [0, 0.1) is 10.1 Å². The highest BCUT2D eigenvalue weighted by molar-refractivity contribution is 7.90. The van der Waals surface area contributed by atoms with Crippen LogP contribution in [0.1, 0.15) is 0 Å². The molecule has 0 amide bonds. The van der Waals surface area contributed by atoms with E-state index in [1.165, 1.54) is 12.1 Å². The highest BCUT2D eigenvalue weighted by Gasteiger charge is 2.21. The molecule has 9 heteroatoms. The van der Waals surface area contributed by atoms with Gasteiger partial charge in [0.25, 0.3) is 5.69 Å². The fraction of sp³-hybridized carbons (Fsp3) is 0.538. The third-order valence-electron chi connectivity index (χ3n) is 3.46. The first kappa shape index (κ1) is 16.7. The Kier molecular flexibility index (Phi) is 4.99. The number of likely N-dealkylation sites (N-methyl/N-ethyl adjacent to an activating group) is 1. The first-order chi connectivity index (χ1) is 10.3. The molecule has 122 valence electrons. The monoisotopic (exact) mass is 329 g/mol. The van der Waals surface area contributed by atoms with Crippen LogP contribution in [0.3, 0.4) is 0 Å². The Labute approximate surface area is 129 Å². The largest absolute Gasteiger partial charge is 0.377 e. The van der Waals surface area contributed by atoms with E-state index >= 15 is 0 Å². The molecule has 0 radical (unpaired) electrons. The fourth-order valence-corrected chi connectivity index (χ4v) is 2.90. The van der Waals surface area contributed by atoms with Crippen LogP contribution in [0.2, 0.25) is 0 Å². The van der Waals surface area contributed by atoms with Gasteiger partial charge in [0.1, 0.15) is 5.69 Å². The van der Waals surface area contributed by atoms with Crippen molar-refractivity contribution in [2.75, 3.05) is 44.9 Å². The molecule has 1 atom stereocenters. The Hall–Kier alpha value is -1.71. The van der Waals surface area contributed by atoms with E-state index in [4.69, 9.17) is 4.74 Å². The third-order valence-corrected chi connectivity index (χ3v) is 4.57. The van der Waals surface area contributed by atoms with Crippen LogP contribution in [-0.4, -0.2) is 63.9 Å². The Morgan fingerprint density at radius 2 is 2.23 bits per heavy atom. The minimum Gasteiger partial charge on any atom is -0.377 e. The second kappa shape index (κ2) is 6.59. The van der Waals surface area contributed by atoms with Gasteiger partial charge in [0.15, 0.2) is 9.84 Å². The van der Waals surface area contributed by atoms with E-state index in [0.717, 1.165) is 25.4 Å². The average molecular weight is 329 g/mol. The fourth-order valence-electron chi connectivity index (χ4n) is 2.26. The topological polar surface area (TPSA) is 102 Å². The molecule has 0 bridgehead atoms. The van der Waals surface area contributed by atoms with Gasteiger partial charge in [-0.25, -0.2) is 8.42 Å². The van der Waals surface area contributed by atoms with Gasteiger partial charge in [-0.05, 0) is 19.2 Å². The van der Waals surface area contributed by atoms with E-state index in [2.05, 4.69) is 10.2 Å². The molecule has 0 aromatic heterocycles. The molecule has 22 heavy (non-hydrogen) atoms. The summed E-state index contributed by atoms with van der Waals surface area (Å²) in [5.74, 6) is 0. The lowest BCUT2D eigenvalue weighted by molar-refractivity contribution is -0.384. The number of hydrogen-bond acceptors (Lipinski definition) is 7. The van der Waals surface area contributed by atoms with E-state index in [-0.39, 0.29) is 22.4 Å². The maximum Gasteiger partial charge on any atom is 0.293 e. The summed E-state index contributed by atoms with van der Waals surface area (Å²) in [5, 5.41) is 14.1. The summed E-state index contributed by atoms with van der Waals surface area (Å²) in [6.45, 7) is 2.64. The molecular formula is C13H19N3O5S. The number of hydrogen-bond donors (Lipinski definition) is 1. The number of sulfone groups is 1. The van der Waals surface area contributed by atoms with Gasteiger partial charge in [-0.2, -0.15) is 0 Å². The molecule has 0 unspecified atom stereocenters. The molecule has 8 nitrogen and oxygen atoms in total. The van der Waals surface area contributed by atoms with Gasteiger partial charge < -0.3 is 15.0 Å². The van der Waals surface area contributed by atoms with Crippen molar-refractivity contribution in [1.29, 1.82) is 0 Å². The lowest BCUT2D eigenvalue weighted by Gasteiger charge is -2.30. The average Bonchev–Trinajstić information content (AvgIpc) is 2.44. The van der Waals surface area contributed by atoms with Crippen LogP contribution in [-0.2, 0) is 14.6 Å². The molecule has 1 aliphatic rings. The predicted molar refractivity (Wildman–Crippen MR) is 81.9 cm³/mol. The van der Waals surface area contributed by atoms with Gasteiger partial charge in [0.05, 0.1) is 22.5 Å². The summed E-state index contributed by atoms with van der Waals surface area (Å²) in [6, 6.07) is 3.85. The number of nitrogens with one attached hydrogen (secondary N) is 1. The molecule has 1 aromatic rings. The molecule has 1 aromatic carbocycles. The van der Waals surface area contributed by atoms with Crippen molar-refractivity contribution in [2.45, 2.75) is 11.0 Å². The van der Waals surface area contributed by atoms with E-state index in [9.17, 15) is 18.5 Å². The van der Waals surface area contributed by atoms with Crippen molar-refractivity contribution in [2.24, 2.45) is 0 Å². The van der Waals surface area contributed by atoms with E-state index in [1.54, 1.807) is 0 Å². The maximum atomic E-state index is 11.5. The van der Waals surface area contributed by atoms with Gasteiger partial charge in [-0.3, -0.25) is 10.1 Å². The second-order valence-corrected chi connectivity index (χ2v) is 7.36. The van der Waals surface area contributed by atoms with E-state index < -0.39 is 14.8 Å². The lowest BCUT2D eigenvalue weighted by Crippen LogP contribution is -2.43. The molecule has 0 aliphatic carbocycles. The minimum atomic E-state index is -3.48. The van der Waals surface area contributed by atoms with Crippen LogP contribution in [0.15, 0.2) is 23.1 Å². The van der Waals surface area contributed by atoms with Crippen molar-refractivity contribution in [3.63, 3.8) is 0 Å². The molecular weight excluding hydrogens is 310 g/mol. The predicted octanol–water partition coefficient (Wildman–Crippen LogP) is 0.741. The number of anilines is 1. The van der Waals surface area contributed by atoms with Crippen molar-refractivity contribution in [1.82, 2.24) is 4.90 Å². The van der Waals surface area contributed by atoms with Gasteiger partial charge in [0, 0.05) is 32.0 Å². The lowest BCUT2D eigenvalue weighted by atomic mass is 10.2. The Morgan fingerprint density at radius 3 is 2.82 bits per heavy atom. The summed E-state index contributed by atoms with van der Waals surface area (Å²) in [5.41, 5.74) is 0.0290. The normalized spacial score (nSPS) is 19.8. The molecule has 1 fully saturated rings. The van der Waals surface area contributed by atoms with Gasteiger partial charge in [-0.1, -0.05) is 0 Å². The zero-order valence-electron chi connectivity index (χ0n) is 12.5. The minimum absolute atomic E-state index is 0.0621. The summed E-state index contributed by atoms with van der Waals surface area (Å²) in [7, 11) is -1.50. The van der Waals surface area contributed by atoms with E-state index in [0.29, 0.717) is 13.2 Å². The third kappa shape index (κ3) is 4.15. The zero-order valence-corrected chi connectivity index (χ0v) is 13.3. The van der Waals surface area contributed by atoms with Crippen LogP contribution >= 0.6 is 0 Å². The number of rotatable bonds is 5. The molecule has 1 saturated heterocycles. The standard InChI is InChI=1S/C13H19N3O5S/c1-15-5-6-21-10(9-15)8-14-12-4-3-11(22(2,19)20)7-13(12)16(17)18/h3-4,7,10,14H,5-6,8-9H2,1-2H3/t10-/m1/s1. The van der Waals surface area contributed by atoms with Crippen molar-refractivity contribution in [3.05, 3.63) is 28.3 Å². The number of ether oxygens (including phenoxy) is 1. The number of morpholine rings is 1. The molecule has 1 N–H and O–H groups in total. The van der Waals surface area contributed by atoms with Crippen molar-refractivity contribution < 1.29 is 18.1 Å². The van der Waals surface area contributed by atoms with Gasteiger partial charge in [-0.15, -0.1) is 0 Å². The quantitative estimate of drug-likeness (QED) is 0.628. The van der Waals surface area contributed by atoms with E-state index in [1.807, 2.05) is 7.05 Å². The van der Waals surface area contributed by atoms with Gasteiger partial charge >= 0.3 is 0 Å². The molecule has 1 heterocycles. The number of nitro groups is 1. The van der Waals surface area contributed by atoms with Crippen LogP contribution in [0.4, 0.5) is 11.4 Å². The summed E-state index contributed by atoms with van der Waals surface area (Å²) >= 11 is 0. The second-order valence-electron chi connectivity index (χ2n) is 5.34. The molecule has 2 rings (SSSR count). The van der Waals surface area contributed by atoms with Crippen LogP contribution in [0.25, 0.3) is 0 Å². The molecule has 0 spiro atoms. The number of nitrogens with zero attached hydrogens (tertiary/aromatic N) is 2. The highest BCUT2D eigenvalue weighted by atomic mass is 32.2.